The van der Waals surface area contributed by atoms with E-state index in [0.717, 1.165) is 0 Å². The highest BCUT2D eigenvalue weighted by atomic mass is 15.1. The first-order valence-corrected chi connectivity index (χ1v) is 4.47. The Morgan fingerprint density at radius 2 is 1.69 bits per heavy atom. The Labute approximate surface area is 80.7 Å². The van der Waals surface area contributed by atoms with Crippen molar-refractivity contribution < 1.29 is 0 Å². The second-order valence-electron chi connectivity index (χ2n) is 3.59. The van der Waals surface area contributed by atoms with Crippen molar-refractivity contribution in [3.63, 3.8) is 0 Å². The highest BCUT2D eigenvalue weighted by Crippen LogP contribution is 2.23. The van der Waals surface area contributed by atoms with Crippen molar-refractivity contribution in [1.82, 2.24) is 0 Å². The van der Waals surface area contributed by atoms with Gasteiger partial charge in [-0.2, -0.15) is 0 Å². The minimum Gasteiger partial charge on any atom is -0.377 e. The fraction of sp³-hybridized carbons (Fsp3) is 0.333. The Morgan fingerprint density at radius 3 is 2.15 bits per heavy atom. The molecule has 70 valence electrons. The molecule has 0 radical (unpaired) electrons. The molecule has 0 fully saturated rings. The molecule has 0 N–H and O–H groups in total. The van der Waals surface area contributed by atoms with E-state index in [1.54, 1.807) is 0 Å². The van der Waals surface area contributed by atoms with Gasteiger partial charge in [-0.25, -0.2) is 0 Å². The number of benzene rings is 1. The standard InChI is InChI=1S/C12H17N/c1-6-11-7-9(2)10(3)8-12(11)13(4)5/h6-8H,1H2,2-5H3. The monoisotopic (exact) mass is 175 g/mol. The quantitative estimate of drug-likeness (QED) is 0.668. The van der Waals surface area contributed by atoms with Crippen LogP contribution in [0.4, 0.5) is 5.69 Å². The summed E-state index contributed by atoms with van der Waals surface area (Å²) in [6.07, 6.45) is 1.90. The lowest BCUT2D eigenvalue weighted by atomic mass is 10.0. The first kappa shape index (κ1) is 9.85. The summed E-state index contributed by atoms with van der Waals surface area (Å²) in [5.41, 5.74) is 5.08. The molecule has 1 nitrogen and oxygen atoms in total. The topological polar surface area (TPSA) is 3.24 Å². The van der Waals surface area contributed by atoms with E-state index in [1.807, 2.05) is 6.08 Å². The molecule has 0 heterocycles. The number of rotatable bonds is 2. The maximum atomic E-state index is 3.82. The molecule has 0 aliphatic heterocycles. The molecular formula is C12H17N. The summed E-state index contributed by atoms with van der Waals surface area (Å²) in [5.74, 6) is 0. The van der Waals surface area contributed by atoms with Gasteiger partial charge >= 0.3 is 0 Å². The molecule has 1 aromatic carbocycles. The maximum Gasteiger partial charge on any atom is 0.0437 e. The average molecular weight is 175 g/mol. The minimum atomic E-state index is 1.20. The predicted octanol–water partition coefficient (Wildman–Crippen LogP) is 3.01. The Kier molecular flexibility index (Phi) is 2.76. The van der Waals surface area contributed by atoms with Gasteiger partial charge in [0.1, 0.15) is 0 Å². The van der Waals surface area contributed by atoms with Crippen molar-refractivity contribution in [2.24, 2.45) is 0 Å². The molecule has 0 saturated heterocycles. The zero-order chi connectivity index (χ0) is 10.0. The second kappa shape index (κ2) is 3.65. The number of anilines is 1. The van der Waals surface area contributed by atoms with Crippen LogP contribution in [0.1, 0.15) is 16.7 Å². The molecule has 0 unspecified atom stereocenters. The molecule has 13 heavy (non-hydrogen) atoms. The van der Waals surface area contributed by atoms with Crippen LogP contribution in [0.3, 0.4) is 0 Å². The van der Waals surface area contributed by atoms with Gasteiger partial charge in [0.2, 0.25) is 0 Å². The van der Waals surface area contributed by atoms with E-state index < -0.39 is 0 Å². The molecule has 1 aromatic rings. The van der Waals surface area contributed by atoms with Gasteiger partial charge in [0.05, 0.1) is 0 Å². The van der Waals surface area contributed by atoms with E-state index in [0.29, 0.717) is 0 Å². The van der Waals surface area contributed by atoms with Crippen molar-refractivity contribution in [2.45, 2.75) is 13.8 Å². The predicted molar refractivity (Wildman–Crippen MR) is 60.3 cm³/mol. The van der Waals surface area contributed by atoms with Crippen molar-refractivity contribution >= 4 is 11.8 Å². The largest absolute Gasteiger partial charge is 0.377 e. The SMILES string of the molecule is C=Cc1cc(C)c(C)cc1N(C)C. The van der Waals surface area contributed by atoms with Gasteiger partial charge in [0.25, 0.3) is 0 Å². The van der Waals surface area contributed by atoms with Crippen LogP contribution in [0.5, 0.6) is 0 Å². The molecule has 0 saturated carbocycles. The summed E-state index contributed by atoms with van der Waals surface area (Å²) in [7, 11) is 4.11. The first-order valence-electron chi connectivity index (χ1n) is 4.47. The van der Waals surface area contributed by atoms with E-state index in [9.17, 15) is 0 Å². The van der Waals surface area contributed by atoms with Gasteiger partial charge in [0, 0.05) is 19.8 Å². The molecule has 0 atom stereocenters. The molecule has 0 amide bonds. The van der Waals surface area contributed by atoms with Gasteiger partial charge in [-0.3, -0.25) is 0 Å². The van der Waals surface area contributed by atoms with Crippen LogP contribution >= 0.6 is 0 Å². The third kappa shape index (κ3) is 1.92. The summed E-state index contributed by atoms with van der Waals surface area (Å²) < 4.78 is 0. The van der Waals surface area contributed by atoms with Gasteiger partial charge in [-0.1, -0.05) is 12.7 Å². The van der Waals surface area contributed by atoms with Crippen LogP contribution in [0.2, 0.25) is 0 Å². The maximum absolute atomic E-state index is 3.82. The smallest absolute Gasteiger partial charge is 0.0437 e. The summed E-state index contributed by atoms with van der Waals surface area (Å²) in [6.45, 7) is 8.08. The third-order valence-electron chi connectivity index (χ3n) is 2.34. The van der Waals surface area contributed by atoms with Gasteiger partial charge in [-0.15, -0.1) is 0 Å². The lowest BCUT2D eigenvalue weighted by Gasteiger charge is -2.17. The second-order valence-corrected chi connectivity index (χ2v) is 3.59. The van der Waals surface area contributed by atoms with Crippen molar-refractivity contribution in [3.05, 3.63) is 35.4 Å². The molecule has 0 bridgehead atoms. The Hall–Kier alpha value is -1.24. The van der Waals surface area contributed by atoms with Crippen LogP contribution in [0.25, 0.3) is 6.08 Å². The molecule has 1 rings (SSSR count). The number of nitrogens with zero attached hydrogens (tertiary/aromatic N) is 1. The van der Waals surface area contributed by atoms with E-state index >= 15 is 0 Å². The van der Waals surface area contributed by atoms with E-state index in [-0.39, 0.29) is 0 Å². The highest BCUT2D eigenvalue weighted by Gasteiger charge is 2.03. The van der Waals surface area contributed by atoms with Gasteiger partial charge in [0.15, 0.2) is 0 Å². The van der Waals surface area contributed by atoms with E-state index in [1.165, 1.54) is 22.4 Å². The summed E-state index contributed by atoms with van der Waals surface area (Å²) in [6, 6.07) is 4.38. The lowest BCUT2D eigenvalue weighted by molar-refractivity contribution is 1.12. The third-order valence-corrected chi connectivity index (χ3v) is 2.34. The van der Waals surface area contributed by atoms with Crippen LogP contribution in [-0.2, 0) is 0 Å². The molecular weight excluding hydrogens is 158 g/mol. The number of hydrogen-bond donors (Lipinski definition) is 0. The van der Waals surface area contributed by atoms with Crippen molar-refractivity contribution in [2.75, 3.05) is 19.0 Å². The molecule has 0 aromatic heterocycles. The zero-order valence-electron chi connectivity index (χ0n) is 8.89. The van der Waals surface area contributed by atoms with Crippen LogP contribution in [-0.4, -0.2) is 14.1 Å². The summed E-state index contributed by atoms with van der Waals surface area (Å²) >= 11 is 0. The first-order chi connectivity index (χ1) is 6.06. The molecule has 0 spiro atoms. The van der Waals surface area contributed by atoms with Crippen molar-refractivity contribution in [3.8, 4) is 0 Å². The zero-order valence-corrected chi connectivity index (χ0v) is 8.89. The normalized spacial score (nSPS) is 9.85. The summed E-state index contributed by atoms with van der Waals surface area (Å²) in [4.78, 5) is 2.11. The average Bonchev–Trinajstić information content (AvgIpc) is 2.08. The fourth-order valence-electron chi connectivity index (χ4n) is 1.37. The van der Waals surface area contributed by atoms with E-state index in [2.05, 4.69) is 51.6 Å². The lowest BCUT2D eigenvalue weighted by Crippen LogP contribution is -2.10. The number of hydrogen-bond acceptors (Lipinski definition) is 1. The van der Waals surface area contributed by atoms with Crippen molar-refractivity contribution in [1.29, 1.82) is 0 Å². The minimum absolute atomic E-state index is 1.20. The van der Waals surface area contributed by atoms with Crippen LogP contribution in [0, 0.1) is 13.8 Å². The Bertz CT molecular complexity index is 324. The van der Waals surface area contributed by atoms with Crippen LogP contribution in [0.15, 0.2) is 18.7 Å². The summed E-state index contributed by atoms with van der Waals surface area (Å²) in [5, 5.41) is 0. The Morgan fingerprint density at radius 1 is 1.15 bits per heavy atom. The Balaban J connectivity index is 3.32. The van der Waals surface area contributed by atoms with Crippen LogP contribution < -0.4 is 4.90 Å². The molecule has 0 aliphatic rings. The van der Waals surface area contributed by atoms with Gasteiger partial charge in [-0.05, 0) is 42.7 Å². The van der Waals surface area contributed by atoms with E-state index in [4.69, 9.17) is 0 Å². The molecule has 0 aliphatic carbocycles. The number of aryl methyl sites for hydroxylation is 2. The highest BCUT2D eigenvalue weighted by molar-refractivity contribution is 5.68. The fourth-order valence-corrected chi connectivity index (χ4v) is 1.37. The van der Waals surface area contributed by atoms with Gasteiger partial charge < -0.3 is 4.90 Å². The molecule has 1 heteroatoms.